The van der Waals surface area contributed by atoms with Crippen LogP contribution in [0.15, 0.2) is 211 Å². The lowest BCUT2D eigenvalue weighted by Gasteiger charge is -2.18. The van der Waals surface area contributed by atoms with Gasteiger partial charge in [-0.25, -0.2) is 0 Å². The molecule has 0 radical (unpaired) electrons. The maximum Gasteiger partial charge on any atom is 0.0542 e. The zero-order valence-corrected chi connectivity index (χ0v) is 32.9. The number of para-hydroxylation sites is 6. The molecule has 9 aromatic carbocycles. The minimum absolute atomic E-state index is 1.05. The lowest BCUT2D eigenvalue weighted by Crippen LogP contribution is -2.01. The van der Waals surface area contributed by atoms with E-state index in [4.69, 9.17) is 0 Å². The van der Waals surface area contributed by atoms with Crippen molar-refractivity contribution in [1.29, 1.82) is 0 Å². The number of rotatable bonds is 5. The quantitative estimate of drug-likeness (QED) is 0.165. The highest BCUT2D eigenvalue weighted by molar-refractivity contribution is 9.10. The fourth-order valence-corrected chi connectivity index (χ4v) is 9.88. The van der Waals surface area contributed by atoms with Crippen molar-refractivity contribution < 1.29 is 0 Å². The molecule has 0 aliphatic heterocycles. The van der Waals surface area contributed by atoms with Crippen LogP contribution in [0.2, 0.25) is 0 Å². The predicted octanol–water partition coefficient (Wildman–Crippen LogP) is 15.1. The molecule has 0 aliphatic carbocycles. The van der Waals surface area contributed by atoms with Crippen molar-refractivity contribution in [2.75, 3.05) is 0 Å². The van der Waals surface area contributed by atoms with Crippen LogP contribution in [-0.4, -0.2) is 13.7 Å². The van der Waals surface area contributed by atoms with Gasteiger partial charge in [-0.05, 0) is 95.6 Å². The maximum absolute atomic E-state index is 3.98. The van der Waals surface area contributed by atoms with Gasteiger partial charge in [0.05, 0.1) is 38.8 Å². The van der Waals surface area contributed by atoms with E-state index in [2.05, 4.69) is 236 Å². The van der Waals surface area contributed by atoms with Crippen molar-refractivity contribution in [3.63, 3.8) is 0 Å². The summed E-state index contributed by atoms with van der Waals surface area (Å²) < 4.78 is 8.30. The SMILES string of the molecule is Brc1ccc(-n2c3ccccc3c3ccccc32)cc1-c1cccc(-c2cc(-n3c4ccccc4c4ccccc43)ccc2-n2c3ccccc3c3ccccc32)c1. The van der Waals surface area contributed by atoms with Gasteiger partial charge in [-0.2, -0.15) is 0 Å². The average molecular weight is 805 g/mol. The van der Waals surface area contributed by atoms with Crippen LogP contribution in [0.4, 0.5) is 0 Å². The van der Waals surface area contributed by atoms with Crippen LogP contribution in [0.5, 0.6) is 0 Å². The zero-order chi connectivity index (χ0) is 38.3. The van der Waals surface area contributed by atoms with Crippen molar-refractivity contribution in [1.82, 2.24) is 13.7 Å². The van der Waals surface area contributed by atoms with Gasteiger partial charge in [0.15, 0.2) is 0 Å². The molecule has 0 atom stereocenters. The van der Waals surface area contributed by atoms with E-state index in [1.807, 2.05) is 0 Å². The molecule has 0 aliphatic rings. The molecule has 4 heteroatoms. The lowest BCUT2D eigenvalue weighted by molar-refractivity contribution is 1.15. The lowest BCUT2D eigenvalue weighted by atomic mass is 9.97. The Morgan fingerprint density at radius 2 is 0.621 bits per heavy atom. The van der Waals surface area contributed by atoms with Crippen molar-refractivity contribution in [3.8, 4) is 39.3 Å². The number of benzene rings is 9. The molecule has 0 fully saturated rings. The molecule has 12 rings (SSSR count). The van der Waals surface area contributed by atoms with Gasteiger partial charge in [0.1, 0.15) is 0 Å². The monoisotopic (exact) mass is 803 g/mol. The van der Waals surface area contributed by atoms with Crippen LogP contribution in [0.3, 0.4) is 0 Å². The Bertz CT molecular complexity index is 3440. The summed E-state index contributed by atoms with van der Waals surface area (Å²) in [5.74, 6) is 0. The second-order valence-corrected chi connectivity index (χ2v) is 15.9. The minimum atomic E-state index is 1.05. The fourth-order valence-electron chi connectivity index (χ4n) is 9.40. The number of fused-ring (bicyclic) bond motifs is 9. The van der Waals surface area contributed by atoms with Crippen LogP contribution in [0, 0.1) is 0 Å². The Kier molecular flexibility index (Phi) is 7.38. The summed E-state index contributed by atoms with van der Waals surface area (Å²) in [4.78, 5) is 0. The first kappa shape index (κ1) is 33.0. The van der Waals surface area contributed by atoms with Crippen LogP contribution < -0.4 is 0 Å². The number of nitrogens with zero attached hydrogens (tertiary/aromatic N) is 3. The van der Waals surface area contributed by atoms with Gasteiger partial charge in [0, 0.05) is 53.7 Å². The zero-order valence-electron chi connectivity index (χ0n) is 31.3. The van der Waals surface area contributed by atoms with E-state index in [0.29, 0.717) is 0 Å². The van der Waals surface area contributed by atoms with Gasteiger partial charge in [-0.15, -0.1) is 0 Å². The van der Waals surface area contributed by atoms with Gasteiger partial charge in [-0.3, -0.25) is 0 Å². The van der Waals surface area contributed by atoms with Crippen LogP contribution in [0.1, 0.15) is 0 Å². The molecular weight excluding hydrogens is 771 g/mol. The van der Waals surface area contributed by atoms with E-state index in [0.717, 1.165) is 43.8 Å². The van der Waals surface area contributed by atoms with E-state index in [1.165, 1.54) is 65.4 Å². The first-order chi connectivity index (χ1) is 28.7. The van der Waals surface area contributed by atoms with Crippen molar-refractivity contribution >= 4 is 81.3 Å². The Hall–Kier alpha value is -7.14. The topological polar surface area (TPSA) is 14.8 Å². The molecule has 0 unspecified atom stereocenters. The summed E-state index contributed by atoms with van der Waals surface area (Å²) >= 11 is 3.98. The van der Waals surface area contributed by atoms with Gasteiger partial charge < -0.3 is 13.7 Å². The second kappa shape index (κ2) is 13.0. The second-order valence-electron chi connectivity index (χ2n) is 15.1. The van der Waals surface area contributed by atoms with E-state index in [-0.39, 0.29) is 0 Å². The molecule has 12 aromatic rings. The Labute approximate surface area is 343 Å². The standard InChI is InChI=1S/C54H34BrN3/c55-47-30-28-37(56-48-22-7-1-16-39(48)40-17-2-8-23-49(40)56)33-45(47)35-14-13-15-36(32-35)46-34-38(57-50-24-9-3-18-41(50)42-19-4-10-25-51(42)57)29-31-54(46)58-52-26-11-5-20-43(52)44-21-6-12-27-53(44)58/h1-34H. The fraction of sp³-hybridized carbons (Fsp3) is 0. The molecule has 0 saturated heterocycles. The number of hydrogen-bond donors (Lipinski definition) is 0. The highest BCUT2D eigenvalue weighted by Crippen LogP contribution is 2.41. The molecule has 0 saturated carbocycles. The molecule has 0 amide bonds. The molecule has 58 heavy (non-hydrogen) atoms. The number of halogens is 1. The summed E-state index contributed by atoms with van der Waals surface area (Å²) in [5, 5.41) is 7.50. The molecule has 3 aromatic heterocycles. The molecular formula is C54H34BrN3. The van der Waals surface area contributed by atoms with Gasteiger partial charge in [-0.1, -0.05) is 143 Å². The largest absolute Gasteiger partial charge is 0.309 e. The van der Waals surface area contributed by atoms with Gasteiger partial charge in [0.2, 0.25) is 0 Å². The third kappa shape index (κ3) is 4.92. The third-order valence-corrected chi connectivity index (χ3v) is 12.6. The van der Waals surface area contributed by atoms with Crippen molar-refractivity contribution in [2.45, 2.75) is 0 Å². The first-order valence-corrected chi connectivity index (χ1v) is 20.5. The molecule has 0 spiro atoms. The summed E-state index contributed by atoms with van der Waals surface area (Å²) in [6.45, 7) is 0. The van der Waals surface area contributed by atoms with E-state index < -0.39 is 0 Å². The third-order valence-electron chi connectivity index (χ3n) is 11.9. The normalized spacial score (nSPS) is 11.9. The number of aromatic nitrogens is 3. The van der Waals surface area contributed by atoms with Crippen LogP contribution >= 0.6 is 15.9 Å². The maximum atomic E-state index is 3.98. The molecule has 0 bridgehead atoms. The van der Waals surface area contributed by atoms with Crippen molar-refractivity contribution in [3.05, 3.63) is 211 Å². The molecule has 0 N–H and O–H groups in total. The summed E-state index contributed by atoms with van der Waals surface area (Å²) in [7, 11) is 0. The molecule has 3 nitrogen and oxygen atoms in total. The van der Waals surface area contributed by atoms with E-state index in [9.17, 15) is 0 Å². The summed E-state index contributed by atoms with van der Waals surface area (Å²) in [5.41, 5.74) is 15.1. The smallest absolute Gasteiger partial charge is 0.0542 e. The molecule has 272 valence electrons. The summed E-state index contributed by atoms with van der Waals surface area (Å²) in [6.07, 6.45) is 0. The summed E-state index contributed by atoms with van der Waals surface area (Å²) in [6, 6.07) is 75.2. The van der Waals surface area contributed by atoms with Gasteiger partial charge >= 0.3 is 0 Å². The predicted molar refractivity (Wildman–Crippen MR) is 248 cm³/mol. The van der Waals surface area contributed by atoms with Crippen molar-refractivity contribution in [2.24, 2.45) is 0 Å². The minimum Gasteiger partial charge on any atom is -0.309 e. The Morgan fingerprint density at radius 3 is 1.05 bits per heavy atom. The molecule has 3 heterocycles. The number of hydrogen-bond acceptors (Lipinski definition) is 0. The van der Waals surface area contributed by atoms with Crippen LogP contribution in [-0.2, 0) is 0 Å². The first-order valence-electron chi connectivity index (χ1n) is 19.7. The van der Waals surface area contributed by atoms with E-state index >= 15 is 0 Å². The van der Waals surface area contributed by atoms with Crippen LogP contribution in [0.25, 0.3) is 105 Å². The highest BCUT2D eigenvalue weighted by atomic mass is 79.9. The average Bonchev–Trinajstić information content (AvgIpc) is 3.93. The van der Waals surface area contributed by atoms with Gasteiger partial charge in [0.25, 0.3) is 0 Å². The Balaban J connectivity index is 1.10. The Morgan fingerprint density at radius 1 is 0.276 bits per heavy atom. The highest BCUT2D eigenvalue weighted by Gasteiger charge is 2.20. The van der Waals surface area contributed by atoms with E-state index in [1.54, 1.807) is 0 Å².